The van der Waals surface area contributed by atoms with Gasteiger partial charge in [0.15, 0.2) is 0 Å². The fourth-order valence-electron chi connectivity index (χ4n) is 1.92. The minimum atomic E-state index is 0.0618. The highest BCUT2D eigenvalue weighted by atomic mass is 79.9. The minimum absolute atomic E-state index is 0.0618. The Morgan fingerprint density at radius 3 is 2.68 bits per heavy atom. The van der Waals surface area contributed by atoms with Crippen molar-refractivity contribution in [3.8, 4) is 0 Å². The molecule has 0 aliphatic carbocycles. The molecule has 2 aromatic rings. The van der Waals surface area contributed by atoms with Crippen molar-refractivity contribution >= 4 is 50.5 Å². The van der Waals surface area contributed by atoms with Crippen LogP contribution in [0.15, 0.2) is 33.4 Å². The first-order valence-electron chi connectivity index (χ1n) is 6.04. The van der Waals surface area contributed by atoms with E-state index in [0.717, 1.165) is 23.0 Å². The van der Waals surface area contributed by atoms with Gasteiger partial charge in [0.05, 0.1) is 16.1 Å². The second kappa shape index (κ2) is 7.09. The molecule has 0 bridgehead atoms. The van der Waals surface area contributed by atoms with Gasteiger partial charge >= 0.3 is 0 Å². The van der Waals surface area contributed by atoms with Crippen molar-refractivity contribution in [2.24, 2.45) is 0 Å². The molecule has 0 aliphatic rings. The van der Waals surface area contributed by atoms with E-state index in [-0.39, 0.29) is 6.04 Å². The Bertz CT molecular complexity index is 556. The number of halogens is 3. The number of hydrogen-bond acceptors (Lipinski definition) is 2. The lowest BCUT2D eigenvalue weighted by molar-refractivity contribution is 0.598. The van der Waals surface area contributed by atoms with E-state index in [0.29, 0.717) is 10.0 Å². The molecule has 0 aliphatic heterocycles. The van der Waals surface area contributed by atoms with E-state index < -0.39 is 0 Å². The Morgan fingerprint density at radius 1 is 1.26 bits per heavy atom. The summed E-state index contributed by atoms with van der Waals surface area (Å²) in [5.41, 5.74) is 2.21. The van der Waals surface area contributed by atoms with E-state index >= 15 is 0 Å². The number of hydrogen-bond donors (Lipinski definition) is 1. The third-order valence-corrected chi connectivity index (χ3v) is 5.43. The zero-order valence-electron chi connectivity index (χ0n) is 10.4. The molecule has 0 saturated heterocycles. The summed E-state index contributed by atoms with van der Waals surface area (Å²) in [5.74, 6) is 0. The first-order chi connectivity index (χ1) is 9.15. The van der Waals surface area contributed by atoms with Gasteiger partial charge in [-0.2, -0.15) is 11.3 Å². The van der Waals surface area contributed by atoms with Crippen LogP contribution >= 0.6 is 50.5 Å². The highest BCUT2D eigenvalue weighted by Gasteiger charge is 2.20. The smallest absolute Gasteiger partial charge is 0.0643 e. The molecule has 0 amide bonds. The molecular formula is C14H14BrCl2NS. The van der Waals surface area contributed by atoms with Gasteiger partial charge in [-0.15, -0.1) is 0 Å². The topological polar surface area (TPSA) is 12.0 Å². The number of nitrogens with one attached hydrogen (secondary N) is 1. The van der Waals surface area contributed by atoms with Gasteiger partial charge in [0.1, 0.15) is 0 Å². The third-order valence-electron chi connectivity index (χ3n) is 2.84. The molecule has 0 spiro atoms. The van der Waals surface area contributed by atoms with Crippen LogP contribution in [0, 0.1) is 0 Å². The average Bonchev–Trinajstić information content (AvgIpc) is 2.81. The van der Waals surface area contributed by atoms with Gasteiger partial charge in [0.25, 0.3) is 0 Å². The molecule has 0 saturated carbocycles. The van der Waals surface area contributed by atoms with E-state index in [2.05, 4.69) is 38.9 Å². The van der Waals surface area contributed by atoms with Crippen LogP contribution in [0.25, 0.3) is 0 Å². The lowest BCUT2D eigenvalue weighted by atomic mass is 10.0. The number of rotatable bonds is 5. The zero-order valence-corrected chi connectivity index (χ0v) is 14.3. The monoisotopic (exact) mass is 377 g/mol. The summed E-state index contributed by atoms with van der Waals surface area (Å²) in [6.45, 7) is 3.07. The Labute approximate surface area is 136 Å². The van der Waals surface area contributed by atoms with Crippen LogP contribution in [-0.2, 0) is 0 Å². The van der Waals surface area contributed by atoms with Gasteiger partial charge in [-0.25, -0.2) is 0 Å². The highest BCUT2D eigenvalue weighted by molar-refractivity contribution is 9.10. The van der Waals surface area contributed by atoms with Crippen LogP contribution in [0.4, 0.5) is 0 Å². The van der Waals surface area contributed by atoms with Crippen molar-refractivity contribution in [1.82, 2.24) is 5.32 Å². The fourth-order valence-corrected chi connectivity index (χ4v) is 3.89. The standard InChI is InChI=1S/C14H14BrCl2NS/c1-2-6-18-14(10-7-19-8-11(10)15)9-4-3-5-12(16)13(9)17/h3-5,7-8,14,18H,2,6H2,1H3. The van der Waals surface area contributed by atoms with Crippen LogP contribution in [0.1, 0.15) is 30.5 Å². The summed E-state index contributed by atoms with van der Waals surface area (Å²) >= 11 is 17.7. The van der Waals surface area contributed by atoms with Crippen LogP contribution in [0.5, 0.6) is 0 Å². The van der Waals surface area contributed by atoms with Crippen LogP contribution < -0.4 is 5.32 Å². The number of thiophene rings is 1. The van der Waals surface area contributed by atoms with Crippen molar-refractivity contribution in [2.45, 2.75) is 19.4 Å². The maximum Gasteiger partial charge on any atom is 0.0643 e. The van der Waals surface area contributed by atoms with Gasteiger partial charge in [-0.05, 0) is 51.5 Å². The molecule has 1 aromatic carbocycles. The lowest BCUT2D eigenvalue weighted by Gasteiger charge is -2.20. The lowest BCUT2D eigenvalue weighted by Crippen LogP contribution is -2.23. The van der Waals surface area contributed by atoms with E-state index in [4.69, 9.17) is 23.2 Å². The van der Waals surface area contributed by atoms with E-state index in [9.17, 15) is 0 Å². The Kier molecular flexibility index (Phi) is 5.72. The van der Waals surface area contributed by atoms with E-state index in [1.807, 2.05) is 18.2 Å². The molecule has 5 heteroatoms. The third kappa shape index (κ3) is 3.53. The first kappa shape index (κ1) is 15.3. The fraction of sp³-hybridized carbons (Fsp3) is 0.286. The zero-order chi connectivity index (χ0) is 13.8. The molecule has 1 atom stereocenters. The molecule has 0 fully saturated rings. The summed E-state index contributed by atoms with van der Waals surface area (Å²) in [7, 11) is 0. The predicted octanol–water partition coefficient (Wildman–Crippen LogP) is 5.91. The molecule has 1 N–H and O–H groups in total. The SMILES string of the molecule is CCCNC(c1cscc1Br)c1cccc(Cl)c1Cl. The average molecular weight is 379 g/mol. The quantitative estimate of drug-likeness (QED) is 0.682. The van der Waals surface area contributed by atoms with Crippen LogP contribution in [0.2, 0.25) is 10.0 Å². The first-order valence-corrected chi connectivity index (χ1v) is 8.53. The molecular weight excluding hydrogens is 365 g/mol. The van der Waals surface area contributed by atoms with Crippen LogP contribution in [-0.4, -0.2) is 6.54 Å². The molecule has 1 unspecified atom stereocenters. The Morgan fingerprint density at radius 2 is 2.05 bits per heavy atom. The van der Waals surface area contributed by atoms with Crippen molar-refractivity contribution in [1.29, 1.82) is 0 Å². The van der Waals surface area contributed by atoms with Gasteiger partial charge in [0, 0.05) is 9.85 Å². The molecule has 19 heavy (non-hydrogen) atoms. The van der Waals surface area contributed by atoms with Crippen molar-refractivity contribution in [3.05, 3.63) is 54.6 Å². The molecule has 2 rings (SSSR count). The highest BCUT2D eigenvalue weighted by Crippen LogP contribution is 2.37. The Balaban J connectivity index is 2.43. The molecule has 1 nitrogen and oxygen atoms in total. The van der Waals surface area contributed by atoms with Gasteiger partial charge in [-0.3, -0.25) is 0 Å². The summed E-state index contributed by atoms with van der Waals surface area (Å²) in [4.78, 5) is 0. The molecule has 1 aromatic heterocycles. The van der Waals surface area contributed by atoms with Crippen molar-refractivity contribution in [2.75, 3.05) is 6.54 Å². The minimum Gasteiger partial charge on any atom is -0.306 e. The second-order valence-electron chi connectivity index (χ2n) is 4.21. The van der Waals surface area contributed by atoms with Crippen LogP contribution in [0.3, 0.4) is 0 Å². The normalized spacial score (nSPS) is 12.6. The van der Waals surface area contributed by atoms with E-state index in [1.54, 1.807) is 11.3 Å². The summed E-state index contributed by atoms with van der Waals surface area (Å²) in [6.07, 6.45) is 1.07. The van der Waals surface area contributed by atoms with Gasteiger partial charge in [0.2, 0.25) is 0 Å². The largest absolute Gasteiger partial charge is 0.306 e. The van der Waals surface area contributed by atoms with E-state index in [1.165, 1.54) is 5.56 Å². The molecule has 1 heterocycles. The molecule has 102 valence electrons. The summed E-state index contributed by atoms with van der Waals surface area (Å²) in [5, 5.41) is 8.95. The van der Waals surface area contributed by atoms with Crippen molar-refractivity contribution < 1.29 is 0 Å². The van der Waals surface area contributed by atoms with Crippen molar-refractivity contribution in [3.63, 3.8) is 0 Å². The summed E-state index contributed by atoms with van der Waals surface area (Å²) < 4.78 is 1.10. The predicted molar refractivity (Wildman–Crippen MR) is 88.6 cm³/mol. The molecule has 0 radical (unpaired) electrons. The Hall–Kier alpha value is -0.0600. The summed E-state index contributed by atoms with van der Waals surface area (Å²) in [6, 6.07) is 5.83. The maximum atomic E-state index is 6.35. The number of benzene rings is 1. The maximum absolute atomic E-state index is 6.35. The second-order valence-corrected chi connectivity index (χ2v) is 6.59. The van der Waals surface area contributed by atoms with Gasteiger partial charge in [-0.1, -0.05) is 42.3 Å². The van der Waals surface area contributed by atoms with Gasteiger partial charge < -0.3 is 5.32 Å².